The minimum absolute atomic E-state index is 0.415. The van der Waals surface area contributed by atoms with Crippen LogP contribution in [0.5, 0.6) is 5.75 Å². The van der Waals surface area contributed by atoms with E-state index in [2.05, 4.69) is 25.8 Å². The zero-order chi connectivity index (χ0) is 12.1. The summed E-state index contributed by atoms with van der Waals surface area (Å²) in [5.41, 5.74) is 1.48. The van der Waals surface area contributed by atoms with Crippen LogP contribution in [0.4, 0.5) is 5.69 Å². The monoisotopic (exact) mass is 288 g/mol. The van der Waals surface area contributed by atoms with Crippen molar-refractivity contribution in [3.63, 3.8) is 0 Å². The number of hydrogen-bond donors (Lipinski definition) is 0. The third-order valence-electron chi connectivity index (χ3n) is 2.16. The molecular formula is C13H9BrN2O. The molecule has 0 fully saturated rings. The third-order valence-corrected chi connectivity index (χ3v) is 2.65. The first kappa shape index (κ1) is 11.6. The van der Waals surface area contributed by atoms with E-state index in [1.807, 2.05) is 18.2 Å². The van der Waals surface area contributed by atoms with Gasteiger partial charge in [0.2, 0.25) is 5.69 Å². The third kappa shape index (κ3) is 3.05. The van der Waals surface area contributed by atoms with E-state index in [4.69, 9.17) is 11.3 Å². The molecule has 0 bridgehead atoms. The summed E-state index contributed by atoms with van der Waals surface area (Å²) in [5.74, 6) is 0.590. The SMILES string of the molecule is [C-]#[N+]c1cc(Br)ccc1OCc1cccnc1. The van der Waals surface area contributed by atoms with Crippen LogP contribution in [0, 0.1) is 6.57 Å². The number of rotatable bonds is 3. The van der Waals surface area contributed by atoms with Crippen molar-refractivity contribution in [2.45, 2.75) is 6.61 Å². The van der Waals surface area contributed by atoms with Crippen molar-refractivity contribution in [1.29, 1.82) is 0 Å². The molecule has 0 radical (unpaired) electrons. The number of benzene rings is 1. The Labute approximate surface area is 108 Å². The Kier molecular flexibility index (Phi) is 3.73. The predicted octanol–water partition coefficient (Wildman–Crippen LogP) is 3.97. The molecule has 2 aromatic rings. The smallest absolute Gasteiger partial charge is 0.229 e. The van der Waals surface area contributed by atoms with Gasteiger partial charge in [-0.2, -0.15) is 0 Å². The minimum atomic E-state index is 0.415. The highest BCUT2D eigenvalue weighted by atomic mass is 79.9. The summed E-state index contributed by atoms with van der Waals surface area (Å²) in [4.78, 5) is 7.43. The van der Waals surface area contributed by atoms with Gasteiger partial charge in [-0.1, -0.05) is 22.0 Å². The van der Waals surface area contributed by atoms with Crippen LogP contribution in [0.15, 0.2) is 47.2 Å². The normalized spacial score (nSPS) is 9.65. The molecule has 0 N–H and O–H groups in total. The average Bonchev–Trinajstić information content (AvgIpc) is 2.38. The molecule has 0 aliphatic heterocycles. The Hall–Kier alpha value is -1.86. The minimum Gasteiger partial charge on any atom is -0.500 e. The topological polar surface area (TPSA) is 26.5 Å². The lowest BCUT2D eigenvalue weighted by atomic mass is 10.3. The highest BCUT2D eigenvalue weighted by molar-refractivity contribution is 9.10. The van der Waals surface area contributed by atoms with Gasteiger partial charge in [0, 0.05) is 22.4 Å². The average molecular weight is 289 g/mol. The summed E-state index contributed by atoms with van der Waals surface area (Å²) in [5, 5.41) is 0. The zero-order valence-corrected chi connectivity index (χ0v) is 10.5. The molecule has 1 aromatic carbocycles. The van der Waals surface area contributed by atoms with Gasteiger partial charge in [0.15, 0.2) is 0 Å². The number of aromatic nitrogens is 1. The van der Waals surface area contributed by atoms with Crippen LogP contribution >= 0.6 is 15.9 Å². The van der Waals surface area contributed by atoms with Gasteiger partial charge in [0.05, 0.1) is 6.57 Å². The van der Waals surface area contributed by atoms with E-state index >= 15 is 0 Å². The molecule has 2 rings (SSSR count). The highest BCUT2D eigenvalue weighted by Crippen LogP contribution is 2.31. The standard InChI is InChI=1S/C13H9BrN2O/c1-15-12-7-11(14)4-5-13(12)17-9-10-3-2-6-16-8-10/h2-8H,9H2. The summed E-state index contributed by atoms with van der Waals surface area (Å²) in [6.07, 6.45) is 3.46. The van der Waals surface area contributed by atoms with Crippen molar-refractivity contribution in [2.24, 2.45) is 0 Å². The van der Waals surface area contributed by atoms with E-state index in [9.17, 15) is 0 Å². The molecule has 84 valence electrons. The second kappa shape index (κ2) is 5.46. The largest absolute Gasteiger partial charge is 0.500 e. The molecule has 4 heteroatoms. The molecule has 0 aliphatic rings. The molecule has 1 aromatic heterocycles. The second-order valence-electron chi connectivity index (χ2n) is 3.37. The highest BCUT2D eigenvalue weighted by Gasteiger charge is 2.04. The molecule has 0 amide bonds. The van der Waals surface area contributed by atoms with E-state index in [1.54, 1.807) is 24.5 Å². The van der Waals surface area contributed by atoms with Crippen LogP contribution in [0.2, 0.25) is 0 Å². The molecule has 3 nitrogen and oxygen atoms in total. The van der Waals surface area contributed by atoms with Crippen molar-refractivity contribution in [2.75, 3.05) is 0 Å². The molecule has 0 spiro atoms. The quantitative estimate of drug-likeness (QED) is 0.799. The first-order chi connectivity index (χ1) is 8.29. The maximum Gasteiger partial charge on any atom is 0.229 e. The second-order valence-corrected chi connectivity index (χ2v) is 4.29. The Morgan fingerprint density at radius 2 is 2.24 bits per heavy atom. The van der Waals surface area contributed by atoms with Gasteiger partial charge >= 0.3 is 0 Å². The molecule has 0 atom stereocenters. The van der Waals surface area contributed by atoms with Crippen LogP contribution in [-0.2, 0) is 6.61 Å². The van der Waals surface area contributed by atoms with Crippen LogP contribution in [0.25, 0.3) is 4.85 Å². The molecule has 0 aliphatic carbocycles. The lowest BCUT2D eigenvalue weighted by Crippen LogP contribution is -1.95. The fourth-order valence-corrected chi connectivity index (χ4v) is 1.69. The van der Waals surface area contributed by atoms with Gasteiger partial charge in [0.25, 0.3) is 0 Å². The summed E-state index contributed by atoms with van der Waals surface area (Å²) >= 11 is 3.32. The van der Waals surface area contributed by atoms with Crippen LogP contribution in [0.3, 0.4) is 0 Å². The summed E-state index contributed by atoms with van der Waals surface area (Å²) < 4.78 is 6.47. The first-order valence-corrected chi connectivity index (χ1v) is 5.77. The molecule has 0 saturated carbocycles. The van der Waals surface area contributed by atoms with Crippen molar-refractivity contribution >= 4 is 21.6 Å². The molecule has 1 heterocycles. The van der Waals surface area contributed by atoms with Gasteiger partial charge in [-0.15, -0.1) is 0 Å². The van der Waals surface area contributed by atoms with Crippen molar-refractivity contribution in [3.8, 4) is 5.75 Å². The van der Waals surface area contributed by atoms with Crippen LogP contribution in [0.1, 0.15) is 5.56 Å². The van der Waals surface area contributed by atoms with Gasteiger partial charge in [-0.05, 0) is 24.3 Å². The lowest BCUT2D eigenvalue weighted by molar-refractivity contribution is 0.307. The van der Waals surface area contributed by atoms with E-state index in [0.29, 0.717) is 18.0 Å². The number of nitrogens with zero attached hydrogens (tertiary/aromatic N) is 2. The van der Waals surface area contributed by atoms with E-state index in [1.165, 1.54) is 0 Å². The fourth-order valence-electron chi connectivity index (χ4n) is 1.34. The number of halogens is 1. The van der Waals surface area contributed by atoms with Crippen molar-refractivity contribution < 1.29 is 4.74 Å². The predicted molar refractivity (Wildman–Crippen MR) is 69.0 cm³/mol. The Morgan fingerprint density at radius 1 is 1.35 bits per heavy atom. The lowest BCUT2D eigenvalue weighted by Gasteiger charge is -2.08. The van der Waals surface area contributed by atoms with Crippen molar-refractivity contribution in [1.82, 2.24) is 4.98 Å². The zero-order valence-electron chi connectivity index (χ0n) is 8.93. The molecule has 0 unspecified atom stereocenters. The van der Waals surface area contributed by atoms with E-state index in [-0.39, 0.29) is 0 Å². The molecule has 17 heavy (non-hydrogen) atoms. The van der Waals surface area contributed by atoms with Crippen molar-refractivity contribution in [3.05, 3.63) is 64.2 Å². The number of hydrogen-bond acceptors (Lipinski definition) is 2. The molecular weight excluding hydrogens is 280 g/mol. The van der Waals surface area contributed by atoms with Gasteiger partial charge in [0.1, 0.15) is 12.4 Å². The number of pyridine rings is 1. The Balaban J connectivity index is 2.12. The van der Waals surface area contributed by atoms with E-state index < -0.39 is 0 Å². The van der Waals surface area contributed by atoms with Crippen LogP contribution < -0.4 is 4.74 Å². The maximum absolute atomic E-state index is 7.08. The van der Waals surface area contributed by atoms with Gasteiger partial charge < -0.3 is 4.74 Å². The fraction of sp³-hybridized carbons (Fsp3) is 0.0769. The van der Waals surface area contributed by atoms with Gasteiger partial charge in [-0.3, -0.25) is 4.98 Å². The van der Waals surface area contributed by atoms with E-state index in [0.717, 1.165) is 10.0 Å². The van der Waals surface area contributed by atoms with Crippen LogP contribution in [-0.4, -0.2) is 4.98 Å². The number of ether oxygens (including phenoxy) is 1. The summed E-state index contributed by atoms with van der Waals surface area (Å²) in [6.45, 7) is 7.49. The Morgan fingerprint density at radius 3 is 2.94 bits per heavy atom. The Bertz CT molecular complexity index is 549. The first-order valence-electron chi connectivity index (χ1n) is 4.98. The van der Waals surface area contributed by atoms with Gasteiger partial charge in [-0.25, -0.2) is 4.85 Å². The summed E-state index contributed by atoms with van der Waals surface area (Å²) in [6, 6.07) is 9.17. The maximum atomic E-state index is 7.08. The molecule has 0 saturated heterocycles. The summed E-state index contributed by atoms with van der Waals surface area (Å²) in [7, 11) is 0.